The first kappa shape index (κ1) is 14.8. The maximum absolute atomic E-state index is 11.7. The van der Waals surface area contributed by atoms with E-state index in [0.29, 0.717) is 18.5 Å². The van der Waals surface area contributed by atoms with Gasteiger partial charge in [-0.3, -0.25) is 4.79 Å². The molecule has 17 heavy (non-hydrogen) atoms. The molecule has 0 bridgehead atoms. The second-order valence-corrected chi connectivity index (χ2v) is 6.13. The summed E-state index contributed by atoms with van der Waals surface area (Å²) >= 11 is 1.88. The Hall–Kier alpha value is -0.220. The van der Waals surface area contributed by atoms with E-state index in [4.69, 9.17) is 0 Å². The number of nitrogens with one attached hydrogen (secondary N) is 2. The van der Waals surface area contributed by atoms with Gasteiger partial charge < -0.3 is 10.6 Å². The predicted molar refractivity (Wildman–Crippen MR) is 75.5 cm³/mol. The molecule has 0 radical (unpaired) electrons. The Bertz CT molecular complexity index is 217. The van der Waals surface area contributed by atoms with E-state index in [9.17, 15) is 4.79 Å². The summed E-state index contributed by atoms with van der Waals surface area (Å²) in [6, 6.07) is 0.863. The quantitative estimate of drug-likeness (QED) is 0.735. The first-order chi connectivity index (χ1) is 8.22. The average molecular weight is 258 g/mol. The van der Waals surface area contributed by atoms with Crippen molar-refractivity contribution in [3.05, 3.63) is 0 Å². The van der Waals surface area contributed by atoms with Crippen molar-refractivity contribution in [3.63, 3.8) is 0 Å². The molecule has 0 aromatic rings. The Morgan fingerprint density at radius 1 is 1.53 bits per heavy atom. The molecular formula is C13H26N2OS. The molecule has 0 aromatic heterocycles. The lowest BCUT2D eigenvalue weighted by Crippen LogP contribution is -2.37. The van der Waals surface area contributed by atoms with Crippen LogP contribution in [0.1, 0.15) is 46.0 Å². The Labute approximate surface area is 109 Å². The number of carbonyl (C=O) groups excluding carboxylic acids is 1. The van der Waals surface area contributed by atoms with Gasteiger partial charge >= 0.3 is 0 Å². The van der Waals surface area contributed by atoms with E-state index in [1.54, 1.807) is 0 Å². The van der Waals surface area contributed by atoms with Crippen molar-refractivity contribution < 1.29 is 4.79 Å². The van der Waals surface area contributed by atoms with Crippen molar-refractivity contribution in [2.75, 3.05) is 18.1 Å². The van der Waals surface area contributed by atoms with E-state index in [2.05, 4.69) is 24.5 Å². The molecule has 4 heteroatoms. The SMILES string of the molecule is CCSCC(C)NC(=O)CCC1CCCCN1. The van der Waals surface area contributed by atoms with Crippen LogP contribution in [0, 0.1) is 0 Å². The highest BCUT2D eigenvalue weighted by Crippen LogP contribution is 2.11. The van der Waals surface area contributed by atoms with Gasteiger partial charge in [0.25, 0.3) is 0 Å². The van der Waals surface area contributed by atoms with Crippen LogP contribution in [0.5, 0.6) is 0 Å². The molecule has 1 saturated heterocycles. The number of hydrogen-bond acceptors (Lipinski definition) is 3. The summed E-state index contributed by atoms with van der Waals surface area (Å²) in [4.78, 5) is 11.7. The fraction of sp³-hybridized carbons (Fsp3) is 0.923. The van der Waals surface area contributed by atoms with Crippen molar-refractivity contribution in [2.24, 2.45) is 0 Å². The summed E-state index contributed by atoms with van der Waals surface area (Å²) in [7, 11) is 0. The highest BCUT2D eigenvalue weighted by Gasteiger charge is 2.14. The van der Waals surface area contributed by atoms with Crippen molar-refractivity contribution in [1.82, 2.24) is 10.6 Å². The highest BCUT2D eigenvalue weighted by atomic mass is 32.2. The minimum Gasteiger partial charge on any atom is -0.353 e. The molecule has 1 rings (SSSR count). The molecule has 1 amide bonds. The molecule has 0 spiro atoms. The van der Waals surface area contributed by atoms with Crippen LogP contribution in [0.2, 0.25) is 0 Å². The van der Waals surface area contributed by atoms with E-state index < -0.39 is 0 Å². The third-order valence-corrected chi connectivity index (χ3v) is 4.26. The molecule has 100 valence electrons. The van der Waals surface area contributed by atoms with Crippen molar-refractivity contribution >= 4 is 17.7 Å². The van der Waals surface area contributed by atoms with Crippen LogP contribution in [-0.2, 0) is 4.79 Å². The van der Waals surface area contributed by atoms with Crippen molar-refractivity contribution in [1.29, 1.82) is 0 Å². The first-order valence-corrected chi connectivity index (χ1v) is 7.98. The van der Waals surface area contributed by atoms with Crippen molar-refractivity contribution in [3.8, 4) is 0 Å². The number of piperidine rings is 1. The van der Waals surface area contributed by atoms with E-state index >= 15 is 0 Å². The number of rotatable bonds is 7. The number of amides is 1. The molecule has 2 unspecified atom stereocenters. The molecular weight excluding hydrogens is 232 g/mol. The fourth-order valence-electron chi connectivity index (χ4n) is 2.16. The zero-order valence-electron chi connectivity index (χ0n) is 11.1. The topological polar surface area (TPSA) is 41.1 Å². The Kier molecular flexibility index (Phi) is 7.69. The van der Waals surface area contributed by atoms with Crippen LogP contribution in [0.15, 0.2) is 0 Å². The van der Waals surface area contributed by atoms with Gasteiger partial charge in [-0.05, 0) is 38.5 Å². The predicted octanol–water partition coefficient (Wildman–Crippen LogP) is 2.17. The molecule has 1 fully saturated rings. The molecule has 2 atom stereocenters. The molecule has 0 saturated carbocycles. The van der Waals surface area contributed by atoms with Crippen LogP contribution in [0.25, 0.3) is 0 Å². The maximum Gasteiger partial charge on any atom is 0.220 e. The second kappa shape index (κ2) is 8.81. The summed E-state index contributed by atoms with van der Waals surface area (Å²) < 4.78 is 0. The van der Waals surface area contributed by atoms with Crippen LogP contribution in [0.4, 0.5) is 0 Å². The van der Waals surface area contributed by atoms with Gasteiger partial charge in [0.1, 0.15) is 0 Å². The van der Waals surface area contributed by atoms with E-state index in [0.717, 1.165) is 24.5 Å². The van der Waals surface area contributed by atoms with Crippen LogP contribution in [0.3, 0.4) is 0 Å². The largest absolute Gasteiger partial charge is 0.353 e. The van der Waals surface area contributed by atoms with Gasteiger partial charge in [-0.1, -0.05) is 13.3 Å². The van der Waals surface area contributed by atoms with Gasteiger partial charge in [0.2, 0.25) is 5.91 Å². The number of carbonyl (C=O) groups is 1. The third-order valence-electron chi connectivity index (χ3n) is 3.11. The summed E-state index contributed by atoms with van der Waals surface area (Å²) in [5.74, 6) is 2.34. The molecule has 2 N–H and O–H groups in total. The van der Waals surface area contributed by atoms with Gasteiger partial charge in [0, 0.05) is 24.3 Å². The summed E-state index contributed by atoms with van der Waals surface area (Å²) in [6.07, 6.45) is 5.48. The Balaban J connectivity index is 2.07. The zero-order chi connectivity index (χ0) is 12.5. The average Bonchev–Trinajstić information content (AvgIpc) is 2.35. The fourth-order valence-corrected chi connectivity index (χ4v) is 2.83. The van der Waals surface area contributed by atoms with Gasteiger partial charge in [0.15, 0.2) is 0 Å². The van der Waals surface area contributed by atoms with E-state index in [-0.39, 0.29) is 5.91 Å². The normalized spacial score (nSPS) is 22.1. The molecule has 3 nitrogen and oxygen atoms in total. The molecule has 1 aliphatic rings. The van der Waals surface area contributed by atoms with Crippen LogP contribution >= 0.6 is 11.8 Å². The smallest absolute Gasteiger partial charge is 0.220 e. The monoisotopic (exact) mass is 258 g/mol. The van der Waals surface area contributed by atoms with Crippen LogP contribution in [-0.4, -0.2) is 36.0 Å². The van der Waals surface area contributed by atoms with Gasteiger partial charge in [-0.25, -0.2) is 0 Å². The Morgan fingerprint density at radius 2 is 2.35 bits per heavy atom. The van der Waals surface area contributed by atoms with Crippen molar-refractivity contribution in [2.45, 2.75) is 58.0 Å². The van der Waals surface area contributed by atoms with Gasteiger partial charge in [-0.15, -0.1) is 0 Å². The van der Waals surface area contributed by atoms with Gasteiger partial charge in [0.05, 0.1) is 0 Å². The summed E-state index contributed by atoms with van der Waals surface area (Å²) in [5.41, 5.74) is 0. The number of thioether (sulfide) groups is 1. The molecule has 1 aliphatic heterocycles. The zero-order valence-corrected chi connectivity index (χ0v) is 11.9. The lowest BCUT2D eigenvalue weighted by atomic mass is 10.0. The Morgan fingerprint density at radius 3 is 3.00 bits per heavy atom. The minimum absolute atomic E-state index is 0.210. The molecule has 0 aliphatic carbocycles. The third kappa shape index (κ3) is 6.94. The second-order valence-electron chi connectivity index (χ2n) is 4.81. The highest BCUT2D eigenvalue weighted by molar-refractivity contribution is 7.99. The maximum atomic E-state index is 11.7. The van der Waals surface area contributed by atoms with Crippen LogP contribution < -0.4 is 10.6 Å². The van der Waals surface area contributed by atoms with Gasteiger partial charge in [-0.2, -0.15) is 11.8 Å². The lowest BCUT2D eigenvalue weighted by Gasteiger charge is -2.23. The van der Waals surface area contributed by atoms with E-state index in [1.165, 1.54) is 19.3 Å². The summed E-state index contributed by atoms with van der Waals surface area (Å²) in [5, 5.41) is 6.54. The van der Waals surface area contributed by atoms with E-state index in [1.807, 2.05) is 11.8 Å². The molecule has 1 heterocycles. The lowest BCUT2D eigenvalue weighted by molar-refractivity contribution is -0.121. The first-order valence-electron chi connectivity index (χ1n) is 6.83. The standard InChI is InChI=1S/C13H26N2OS/c1-3-17-10-11(2)15-13(16)8-7-12-6-4-5-9-14-12/h11-12,14H,3-10H2,1-2H3,(H,15,16). The number of hydrogen-bond donors (Lipinski definition) is 2. The molecule has 0 aromatic carbocycles. The summed E-state index contributed by atoms with van der Waals surface area (Å²) in [6.45, 7) is 5.35. The minimum atomic E-state index is 0.210.